The highest BCUT2D eigenvalue weighted by molar-refractivity contribution is 7.93. The van der Waals surface area contributed by atoms with E-state index in [2.05, 4.69) is 9.71 Å². The van der Waals surface area contributed by atoms with Crippen molar-refractivity contribution in [3.63, 3.8) is 0 Å². The van der Waals surface area contributed by atoms with Crippen molar-refractivity contribution < 1.29 is 18.3 Å². The molecule has 0 spiro atoms. The first-order chi connectivity index (χ1) is 8.96. The number of nitrogens with zero attached hydrogens (tertiary/aromatic N) is 1. The molecule has 0 bridgehead atoms. The van der Waals surface area contributed by atoms with E-state index in [4.69, 9.17) is 5.11 Å². The van der Waals surface area contributed by atoms with E-state index in [1.807, 2.05) is 5.38 Å². The van der Waals surface area contributed by atoms with Gasteiger partial charge in [-0.05, 0) is 12.1 Å². The maximum Gasteiger partial charge on any atom is 0.320 e. The number of nitrogens with one attached hydrogen (secondary N) is 1. The molecule has 0 aliphatic heterocycles. The van der Waals surface area contributed by atoms with Crippen LogP contribution >= 0.6 is 11.3 Å². The lowest BCUT2D eigenvalue weighted by Gasteiger charge is -2.07. The molecule has 6 nitrogen and oxygen atoms in total. The second kappa shape index (κ2) is 5.37. The van der Waals surface area contributed by atoms with Crippen LogP contribution in [0.2, 0.25) is 0 Å². The van der Waals surface area contributed by atoms with Crippen molar-refractivity contribution in [2.75, 3.05) is 10.5 Å². The smallest absolute Gasteiger partial charge is 0.320 e. The number of carbonyl (C=O) groups is 1. The summed E-state index contributed by atoms with van der Waals surface area (Å²) < 4.78 is 25.2. The lowest BCUT2D eigenvalue weighted by Crippen LogP contribution is -2.22. The van der Waals surface area contributed by atoms with E-state index in [0.717, 1.165) is 10.6 Å². The minimum absolute atomic E-state index is 0.314. The minimum Gasteiger partial charge on any atom is -0.480 e. The van der Waals surface area contributed by atoms with E-state index in [1.54, 1.807) is 30.5 Å². The number of hydrogen-bond donors (Lipinski definition) is 2. The molecule has 0 radical (unpaired) electrons. The first kappa shape index (κ1) is 13.5. The average molecular weight is 298 g/mol. The van der Waals surface area contributed by atoms with E-state index in [0.29, 0.717) is 5.69 Å². The molecule has 19 heavy (non-hydrogen) atoms. The van der Waals surface area contributed by atoms with Gasteiger partial charge in [-0.3, -0.25) is 9.52 Å². The molecule has 1 aromatic heterocycles. The molecule has 0 aliphatic rings. The Morgan fingerprint density at radius 1 is 1.42 bits per heavy atom. The maximum atomic E-state index is 11.5. The van der Waals surface area contributed by atoms with Crippen LogP contribution in [-0.4, -0.2) is 30.2 Å². The first-order valence-corrected chi connectivity index (χ1v) is 7.72. The van der Waals surface area contributed by atoms with E-state index in [-0.39, 0.29) is 0 Å². The molecule has 0 saturated carbocycles. The second-order valence-electron chi connectivity index (χ2n) is 3.67. The molecule has 0 fully saturated rings. The van der Waals surface area contributed by atoms with Gasteiger partial charge in [-0.15, -0.1) is 11.3 Å². The highest BCUT2D eigenvalue weighted by Gasteiger charge is 2.15. The maximum absolute atomic E-state index is 11.5. The fraction of sp³-hybridized carbons (Fsp3) is 0.0909. The number of benzene rings is 1. The number of rotatable bonds is 5. The molecule has 0 unspecified atom stereocenters. The van der Waals surface area contributed by atoms with Gasteiger partial charge in [-0.1, -0.05) is 12.1 Å². The Balaban J connectivity index is 2.23. The second-order valence-corrected chi connectivity index (χ2v) is 6.29. The standard InChI is InChI=1S/C11H10N2O4S2/c14-10(15)7-19(16,17)13-9-3-1-2-8(6-9)11-12-4-5-18-11/h1-6,13H,7H2,(H,14,15). The van der Waals surface area contributed by atoms with Crippen molar-refractivity contribution in [3.8, 4) is 10.6 Å². The van der Waals surface area contributed by atoms with E-state index in [9.17, 15) is 13.2 Å². The molecule has 0 saturated heterocycles. The van der Waals surface area contributed by atoms with Gasteiger partial charge in [0.25, 0.3) is 0 Å². The summed E-state index contributed by atoms with van der Waals surface area (Å²) in [7, 11) is -3.89. The monoisotopic (exact) mass is 298 g/mol. The molecule has 8 heteroatoms. The average Bonchev–Trinajstić information content (AvgIpc) is 2.79. The predicted molar refractivity (Wildman–Crippen MR) is 72.6 cm³/mol. The van der Waals surface area contributed by atoms with Crippen LogP contribution in [0.3, 0.4) is 0 Å². The summed E-state index contributed by atoms with van der Waals surface area (Å²) in [5.74, 6) is -2.36. The van der Waals surface area contributed by atoms with Gasteiger partial charge in [0, 0.05) is 22.8 Å². The zero-order valence-electron chi connectivity index (χ0n) is 9.61. The van der Waals surface area contributed by atoms with Gasteiger partial charge in [0.05, 0.1) is 0 Å². The van der Waals surface area contributed by atoms with Gasteiger partial charge in [0.2, 0.25) is 10.0 Å². The van der Waals surface area contributed by atoms with Gasteiger partial charge < -0.3 is 5.11 Å². The Kier molecular flexibility index (Phi) is 3.82. The SMILES string of the molecule is O=C(O)CS(=O)(=O)Nc1cccc(-c2nccs2)c1. The molecule has 2 aromatic rings. The highest BCUT2D eigenvalue weighted by Crippen LogP contribution is 2.24. The number of aromatic nitrogens is 1. The zero-order valence-corrected chi connectivity index (χ0v) is 11.2. The predicted octanol–water partition coefficient (Wildman–Crippen LogP) is 1.64. The van der Waals surface area contributed by atoms with Crippen LogP contribution in [0.25, 0.3) is 10.6 Å². The number of sulfonamides is 1. The van der Waals surface area contributed by atoms with Gasteiger partial charge in [-0.25, -0.2) is 13.4 Å². The van der Waals surface area contributed by atoms with Crippen molar-refractivity contribution in [2.45, 2.75) is 0 Å². The number of hydrogen-bond acceptors (Lipinski definition) is 5. The minimum atomic E-state index is -3.89. The van der Waals surface area contributed by atoms with Crippen LogP contribution in [0.5, 0.6) is 0 Å². The quantitative estimate of drug-likeness (QED) is 0.874. The molecule has 2 rings (SSSR count). The summed E-state index contributed by atoms with van der Waals surface area (Å²) in [5.41, 5.74) is 1.08. The third-order valence-electron chi connectivity index (χ3n) is 2.13. The van der Waals surface area contributed by atoms with Crippen LogP contribution < -0.4 is 4.72 Å². The highest BCUT2D eigenvalue weighted by atomic mass is 32.2. The molecule has 0 aliphatic carbocycles. The lowest BCUT2D eigenvalue weighted by atomic mass is 10.2. The van der Waals surface area contributed by atoms with Crippen molar-refractivity contribution in [1.29, 1.82) is 0 Å². The van der Waals surface area contributed by atoms with Crippen molar-refractivity contribution in [2.24, 2.45) is 0 Å². The van der Waals surface area contributed by atoms with Crippen molar-refractivity contribution in [3.05, 3.63) is 35.8 Å². The van der Waals surface area contributed by atoms with Crippen LogP contribution in [-0.2, 0) is 14.8 Å². The number of anilines is 1. The Hall–Kier alpha value is -1.93. The molecular weight excluding hydrogens is 288 g/mol. The zero-order chi connectivity index (χ0) is 13.9. The van der Waals surface area contributed by atoms with Gasteiger partial charge in [0.15, 0.2) is 5.75 Å². The summed E-state index contributed by atoms with van der Waals surface area (Å²) in [6, 6.07) is 6.64. The fourth-order valence-corrected chi connectivity index (χ4v) is 2.98. The molecule has 0 atom stereocenters. The third-order valence-corrected chi connectivity index (χ3v) is 4.12. The largest absolute Gasteiger partial charge is 0.480 e. The summed E-state index contributed by atoms with van der Waals surface area (Å²) in [4.78, 5) is 14.6. The van der Waals surface area contributed by atoms with Crippen LogP contribution in [0.1, 0.15) is 0 Å². The Bertz CT molecular complexity index is 680. The number of carboxylic acids is 1. The molecular formula is C11H10N2O4S2. The van der Waals surface area contributed by atoms with Crippen molar-refractivity contribution >= 4 is 33.0 Å². The molecule has 0 amide bonds. The third kappa shape index (κ3) is 3.76. The van der Waals surface area contributed by atoms with Crippen molar-refractivity contribution in [1.82, 2.24) is 4.98 Å². The van der Waals surface area contributed by atoms with Crippen LogP contribution in [0.15, 0.2) is 35.8 Å². The summed E-state index contributed by atoms with van der Waals surface area (Å²) in [5, 5.41) is 11.1. The normalized spacial score (nSPS) is 11.2. The lowest BCUT2D eigenvalue weighted by molar-refractivity contribution is -0.134. The molecule has 1 aromatic carbocycles. The number of aliphatic carboxylic acids is 1. The number of carboxylic acid groups (broad SMARTS) is 1. The molecule has 1 heterocycles. The van der Waals surface area contributed by atoms with Crippen LogP contribution in [0, 0.1) is 0 Å². The Morgan fingerprint density at radius 2 is 2.21 bits per heavy atom. The summed E-state index contributed by atoms with van der Waals surface area (Å²) in [6.07, 6.45) is 1.65. The Morgan fingerprint density at radius 3 is 2.84 bits per heavy atom. The van der Waals surface area contributed by atoms with E-state index >= 15 is 0 Å². The molecule has 2 N–H and O–H groups in total. The summed E-state index contributed by atoms with van der Waals surface area (Å²) >= 11 is 1.43. The van der Waals surface area contributed by atoms with Crippen LogP contribution in [0.4, 0.5) is 5.69 Å². The van der Waals surface area contributed by atoms with Gasteiger partial charge in [0.1, 0.15) is 5.01 Å². The van der Waals surface area contributed by atoms with Gasteiger partial charge in [-0.2, -0.15) is 0 Å². The topological polar surface area (TPSA) is 96.4 Å². The van der Waals surface area contributed by atoms with E-state index < -0.39 is 21.7 Å². The van der Waals surface area contributed by atoms with Gasteiger partial charge >= 0.3 is 5.97 Å². The Labute approximate surface area is 113 Å². The van der Waals surface area contributed by atoms with E-state index in [1.165, 1.54) is 11.3 Å². The summed E-state index contributed by atoms with van der Waals surface area (Å²) in [6.45, 7) is 0. The molecule has 100 valence electrons. The number of thiazole rings is 1. The first-order valence-electron chi connectivity index (χ1n) is 5.18. The fourth-order valence-electron chi connectivity index (χ4n) is 1.46.